The van der Waals surface area contributed by atoms with Crippen molar-refractivity contribution in [3.05, 3.63) is 238 Å². The van der Waals surface area contributed by atoms with Crippen molar-refractivity contribution >= 4 is 51.7 Å². The Balaban J connectivity index is 1.07. The molecule has 1 aromatic heterocycles. The highest BCUT2D eigenvalue weighted by Crippen LogP contribution is 2.45. The number of amides is 2. The van der Waals surface area contributed by atoms with Crippen molar-refractivity contribution in [3.8, 4) is 0 Å². The van der Waals surface area contributed by atoms with Gasteiger partial charge in [-0.2, -0.15) is 0 Å². The standard InChI is InChI=1S/C58H53N5O6S2/c1-56(2,3)68-54(66)50-45(47-35-22-36-67-47)37-70-53-49(52(65)63(50)53)60-51(64)48(62-69-58(42-29-16-7-17-30-42,43-31-18-8-19-32-43)44-33-20-9-21-34-44)46-38-71-55(59-46)61-57(39-23-10-4-11-24-39,40-25-12-5-13-26-40)41-27-14-6-15-28-41/h4-21,23-34,38,47,49,53H,22,35-37H2,1-3H3,(H,59,61)(H,60,64)/b62-48-/t47-,49-,53-/m1/s1. The molecule has 2 amide bonds. The number of fused-ring (bicyclic) bond motifs is 1. The number of rotatable bonds is 15. The summed E-state index contributed by atoms with van der Waals surface area (Å²) in [4.78, 5) is 57.3. The smallest absolute Gasteiger partial charge is 0.355 e. The summed E-state index contributed by atoms with van der Waals surface area (Å²) in [5, 5.41) is 13.4. The maximum Gasteiger partial charge on any atom is 0.355 e. The highest BCUT2D eigenvalue weighted by Gasteiger charge is 2.56. The number of esters is 1. The molecule has 3 atom stereocenters. The number of ether oxygens (including phenoxy) is 2. The van der Waals surface area contributed by atoms with Gasteiger partial charge in [-0.25, -0.2) is 9.78 Å². The highest BCUT2D eigenvalue weighted by molar-refractivity contribution is 8.00. The van der Waals surface area contributed by atoms with Crippen LogP contribution in [-0.2, 0) is 39.8 Å². The lowest BCUT2D eigenvalue weighted by molar-refractivity contribution is -0.159. The normalized spacial score (nSPS) is 18.3. The van der Waals surface area contributed by atoms with Gasteiger partial charge in [0.15, 0.2) is 10.8 Å². The third kappa shape index (κ3) is 9.28. The molecule has 7 aromatic rings. The molecule has 3 aliphatic heterocycles. The number of anilines is 1. The number of nitrogens with one attached hydrogen (secondary N) is 2. The lowest BCUT2D eigenvalue weighted by atomic mass is 9.77. The van der Waals surface area contributed by atoms with E-state index in [2.05, 4.69) is 47.0 Å². The second kappa shape index (κ2) is 20.2. The highest BCUT2D eigenvalue weighted by atomic mass is 32.2. The number of thiazole rings is 1. The van der Waals surface area contributed by atoms with E-state index in [0.29, 0.717) is 17.5 Å². The van der Waals surface area contributed by atoms with Gasteiger partial charge in [0.25, 0.3) is 11.8 Å². The Bertz CT molecular complexity index is 2860. The quantitative estimate of drug-likeness (QED) is 0.0339. The summed E-state index contributed by atoms with van der Waals surface area (Å²) in [6.45, 7) is 5.95. The van der Waals surface area contributed by atoms with Gasteiger partial charge in [0, 0.05) is 34.4 Å². The molecule has 2 fully saturated rings. The number of nitrogens with zero attached hydrogens (tertiary/aromatic N) is 3. The number of hydrogen-bond acceptors (Lipinski definition) is 11. The molecule has 3 aliphatic rings. The van der Waals surface area contributed by atoms with Gasteiger partial charge in [-0.05, 0) is 55.9 Å². The molecule has 2 N–H and O–H groups in total. The van der Waals surface area contributed by atoms with Gasteiger partial charge in [-0.3, -0.25) is 14.5 Å². The van der Waals surface area contributed by atoms with Crippen LogP contribution in [0.25, 0.3) is 0 Å². The molecule has 11 nitrogen and oxygen atoms in total. The molecule has 0 unspecified atom stereocenters. The lowest BCUT2D eigenvalue weighted by Gasteiger charge is -2.50. The largest absolute Gasteiger partial charge is 0.455 e. The van der Waals surface area contributed by atoms with Crippen LogP contribution in [0, 0.1) is 0 Å². The molecule has 4 heterocycles. The Morgan fingerprint density at radius 3 is 1.63 bits per heavy atom. The first kappa shape index (κ1) is 47.4. The van der Waals surface area contributed by atoms with Crippen LogP contribution in [0.15, 0.2) is 204 Å². The molecule has 6 aromatic carbocycles. The third-order valence-corrected chi connectivity index (χ3v) is 14.9. The summed E-state index contributed by atoms with van der Waals surface area (Å²) in [5.74, 6) is -1.30. The molecule has 13 heteroatoms. The van der Waals surface area contributed by atoms with Crippen molar-refractivity contribution in [1.29, 1.82) is 0 Å². The molecule has 358 valence electrons. The number of oxime groups is 1. The zero-order chi connectivity index (χ0) is 49.0. The van der Waals surface area contributed by atoms with Gasteiger partial charge in [0.2, 0.25) is 5.60 Å². The average molecular weight is 980 g/mol. The van der Waals surface area contributed by atoms with E-state index in [4.69, 9.17) is 24.5 Å². The Kier molecular flexibility index (Phi) is 13.5. The van der Waals surface area contributed by atoms with Gasteiger partial charge in [0.05, 0.1) is 6.10 Å². The van der Waals surface area contributed by atoms with Crippen LogP contribution in [-0.4, -0.2) is 68.9 Å². The Labute approximate surface area is 422 Å². The van der Waals surface area contributed by atoms with E-state index in [9.17, 15) is 9.59 Å². The molecule has 71 heavy (non-hydrogen) atoms. The molecule has 0 saturated carbocycles. The summed E-state index contributed by atoms with van der Waals surface area (Å²) in [5.41, 5.74) is 3.15. The van der Waals surface area contributed by atoms with Crippen LogP contribution in [0.2, 0.25) is 0 Å². The first-order valence-corrected chi connectivity index (χ1v) is 25.7. The molecular weight excluding hydrogens is 927 g/mol. The Morgan fingerprint density at radius 2 is 1.18 bits per heavy atom. The fourth-order valence-corrected chi connectivity index (χ4v) is 11.8. The Morgan fingerprint density at radius 1 is 0.704 bits per heavy atom. The fourth-order valence-electron chi connectivity index (χ4n) is 9.64. The molecular formula is C58H53N5O6S2. The van der Waals surface area contributed by atoms with Gasteiger partial charge in [-0.1, -0.05) is 187 Å². The second-order valence-electron chi connectivity index (χ2n) is 18.6. The second-order valence-corrected chi connectivity index (χ2v) is 20.5. The monoisotopic (exact) mass is 979 g/mol. The molecule has 0 bridgehead atoms. The zero-order valence-corrected chi connectivity index (χ0v) is 41.2. The van der Waals surface area contributed by atoms with Gasteiger partial charge < -0.3 is 24.9 Å². The minimum atomic E-state index is -1.34. The number of hydrogen-bond donors (Lipinski definition) is 2. The first-order chi connectivity index (χ1) is 34.6. The number of benzene rings is 6. The predicted molar refractivity (Wildman–Crippen MR) is 279 cm³/mol. The summed E-state index contributed by atoms with van der Waals surface area (Å²) < 4.78 is 11.9. The fraction of sp³-hybridized carbons (Fsp3) is 0.224. The van der Waals surface area contributed by atoms with E-state index in [1.165, 1.54) is 28.0 Å². The number of thioether (sulfide) groups is 1. The number of aromatic nitrogens is 1. The molecule has 2 saturated heterocycles. The van der Waals surface area contributed by atoms with E-state index in [0.717, 1.165) is 51.8 Å². The van der Waals surface area contributed by atoms with E-state index in [-0.39, 0.29) is 23.2 Å². The van der Waals surface area contributed by atoms with Crippen LogP contribution in [0.3, 0.4) is 0 Å². The van der Waals surface area contributed by atoms with Crippen LogP contribution in [0.1, 0.15) is 72.7 Å². The summed E-state index contributed by atoms with van der Waals surface area (Å²) >= 11 is 2.79. The summed E-state index contributed by atoms with van der Waals surface area (Å²) in [6.07, 6.45) is 1.28. The minimum Gasteiger partial charge on any atom is -0.455 e. The molecule has 0 aliphatic carbocycles. The van der Waals surface area contributed by atoms with Crippen molar-refractivity contribution in [2.75, 3.05) is 17.7 Å². The van der Waals surface area contributed by atoms with Gasteiger partial charge >= 0.3 is 5.97 Å². The lowest BCUT2D eigenvalue weighted by Crippen LogP contribution is -2.71. The average Bonchev–Trinajstić information content (AvgIpc) is 4.13. The van der Waals surface area contributed by atoms with E-state index in [1.54, 1.807) is 26.2 Å². The summed E-state index contributed by atoms with van der Waals surface area (Å²) in [7, 11) is 0. The SMILES string of the molecule is CC(C)(C)OC(=O)C1=C([C@H]2CCCO2)CS[C@@H]2[C@H](NC(=O)/C(=N\OC(c3ccccc3)(c3ccccc3)c3ccccc3)c3csc(NC(c4ccccc4)(c4ccccc4)c4ccccc4)n3)C(=O)N12. The zero-order valence-electron chi connectivity index (χ0n) is 39.6. The topological polar surface area (TPSA) is 131 Å². The van der Waals surface area contributed by atoms with E-state index < -0.39 is 45.9 Å². The molecule has 10 rings (SSSR count). The van der Waals surface area contributed by atoms with Crippen LogP contribution < -0.4 is 10.6 Å². The molecule has 0 radical (unpaired) electrons. The van der Waals surface area contributed by atoms with Crippen LogP contribution in [0.5, 0.6) is 0 Å². The predicted octanol–water partition coefficient (Wildman–Crippen LogP) is 10.4. The van der Waals surface area contributed by atoms with Crippen LogP contribution >= 0.6 is 23.1 Å². The third-order valence-electron chi connectivity index (χ3n) is 12.9. The molecule has 0 spiro atoms. The Hall–Kier alpha value is -7.32. The van der Waals surface area contributed by atoms with Gasteiger partial charge in [-0.15, -0.1) is 23.1 Å². The van der Waals surface area contributed by atoms with Crippen molar-refractivity contribution in [3.63, 3.8) is 0 Å². The van der Waals surface area contributed by atoms with Gasteiger partial charge in [0.1, 0.15) is 33.9 Å². The maximum atomic E-state index is 15.2. The van der Waals surface area contributed by atoms with Crippen LogP contribution in [0.4, 0.5) is 5.13 Å². The van der Waals surface area contributed by atoms with Crippen molar-refractivity contribution in [1.82, 2.24) is 15.2 Å². The first-order valence-electron chi connectivity index (χ1n) is 23.7. The number of carbonyl (C=O) groups is 3. The van der Waals surface area contributed by atoms with E-state index in [1.807, 2.05) is 146 Å². The summed E-state index contributed by atoms with van der Waals surface area (Å²) in [6, 6.07) is 58.8. The van der Waals surface area contributed by atoms with Crippen molar-refractivity contribution in [2.24, 2.45) is 5.16 Å². The van der Waals surface area contributed by atoms with E-state index >= 15 is 4.79 Å². The maximum absolute atomic E-state index is 15.2. The number of carbonyl (C=O) groups excluding carboxylic acids is 3. The number of β-lactam (4-membered cyclic amide) rings is 1. The minimum absolute atomic E-state index is 0.152. The van der Waals surface area contributed by atoms with Crippen molar-refractivity contribution < 1.29 is 28.7 Å². The van der Waals surface area contributed by atoms with Crippen molar-refractivity contribution in [2.45, 2.75) is 67.9 Å².